The molecule has 0 atom stereocenters. The Hall–Kier alpha value is -1.73. The minimum absolute atomic E-state index is 0. The van der Waals surface area contributed by atoms with E-state index in [-0.39, 0.29) is 30.3 Å². The van der Waals surface area contributed by atoms with E-state index in [1.165, 1.54) is 6.08 Å². The second-order valence-electron chi connectivity index (χ2n) is 4.42. The number of rotatable bonds is 8. The number of halogens is 4. The summed E-state index contributed by atoms with van der Waals surface area (Å²) in [7, 11) is 0. The third kappa shape index (κ3) is 6.92. The van der Waals surface area contributed by atoms with E-state index in [4.69, 9.17) is 4.74 Å². The van der Waals surface area contributed by atoms with Crippen LogP contribution in [0.25, 0.3) is 0 Å². The first-order chi connectivity index (χ1) is 10.4. The maximum absolute atomic E-state index is 12.8. The molecule has 8 heteroatoms. The fourth-order valence-corrected chi connectivity index (χ4v) is 1.69. The SMILES string of the molecule is C=CCOc1ccc(C(F)(F)F)cc1C(=O)NCCNCC.Cl. The number of benzene rings is 1. The molecule has 0 radical (unpaired) electrons. The number of carbonyl (C=O) groups excluding carboxylic acids is 1. The molecule has 130 valence electrons. The number of carbonyl (C=O) groups is 1. The van der Waals surface area contributed by atoms with Crippen molar-refractivity contribution in [2.24, 2.45) is 0 Å². The molecule has 1 amide bonds. The van der Waals surface area contributed by atoms with Crippen molar-refractivity contribution >= 4 is 18.3 Å². The van der Waals surface area contributed by atoms with Crippen molar-refractivity contribution in [2.45, 2.75) is 13.1 Å². The zero-order valence-corrected chi connectivity index (χ0v) is 13.5. The van der Waals surface area contributed by atoms with Gasteiger partial charge in [-0.25, -0.2) is 0 Å². The molecule has 0 fully saturated rings. The van der Waals surface area contributed by atoms with Gasteiger partial charge in [0.2, 0.25) is 0 Å². The standard InChI is InChI=1S/C15H19F3N2O2.ClH/c1-3-9-22-13-6-5-11(15(16,17)18)10-12(13)14(21)20-8-7-19-4-2;/h3,5-6,10,19H,1,4,7-9H2,2H3,(H,20,21);1H. The summed E-state index contributed by atoms with van der Waals surface area (Å²) in [5.74, 6) is -0.517. The number of nitrogens with one attached hydrogen (secondary N) is 2. The van der Waals surface area contributed by atoms with Crippen LogP contribution in [-0.4, -0.2) is 32.1 Å². The lowest BCUT2D eigenvalue weighted by molar-refractivity contribution is -0.137. The van der Waals surface area contributed by atoms with Crippen molar-refractivity contribution in [1.82, 2.24) is 10.6 Å². The average molecular weight is 353 g/mol. The van der Waals surface area contributed by atoms with Gasteiger partial charge in [0.15, 0.2) is 0 Å². The van der Waals surface area contributed by atoms with Crippen LogP contribution in [0.2, 0.25) is 0 Å². The minimum Gasteiger partial charge on any atom is -0.489 e. The van der Waals surface area contributed by atoms with Crippen LogP contribution < -0.4 is 15.4 Å². The van der Waals surface area contributed by atoms with Crippen LogP contribution in [0.1, 0.15) is 22.8 Å². The van der Waals surface area contributed by atoms with Crippen molar-refractivity contribution in [2.75, 3.05) is 26.2 Å². The molecule has 0 saturated heterocycles. The monoisotopic (exact) mass is 352 g/mol. The molecule has 23 heavy (non-hydrogen) atoms. The lowest BCUT2D eigenvalue weighted by Gasteiger charge is -2.14. The molecular formula is C15H20ClF3N2O2. The molecule has 0 spiro atoms. The molecule has 1 rings (SSSR count). The van der Waals surface area contributed by atoms with Gasteiger partial charge in [-0.1, -0.05) is 19.6 Å². The number of alkyl halides is 3. The highest BCUT2D eigenvalue weighted by Gasteiger charge is 2.32. The van der Waals surface area contributed by atoms with E-state index < -0.39 is 17.6 Å². The third-order valence-corrected chi connectivity index (χ3v) is 2.75. The molecular weight excluding hydrogens is 333 g/mol. The van der Waals surface area contributed by atoms with E-state index in [1.807, 2.05) is 6.92 Å². The largest absolute Gasteiger partial charge is 0.489 e. The summed E-state index contributed by atoms with van der Waals surface area (Å²) in [5.41, 5.74) is -1.04. The molecule has 0 saturated carbocycles. The van der Waals surface area contributed by atoms with Crippen LogP contribution in [0.15, 0.2) is 30.9 Å². The predicted molar refractivity (Wildman–Crippen MR) is 85.3 cm³/mol. The van der Waals surface area contributed by atoms with Gasteiger partial charge in [-0.2, -0.15) is 13.2 Å². The first-order valence-corrected chi connectivity index (χ1v) is 6.84. The lowest BCUT2D eigenvalue weighted by Crippen LogP contribution is -2.32. The van der Waals surface area contributed by atoms with Gasteiger partial charge < -0.3 is 15.4 Å². The van der Waals surface area contributed by atoms with Crippen LogP contribution in [0.4, 0.5) is 13.2 Å². The quantitative estimate of drug-likeness (QED) is 0.558. The van der Waals surface area contributed by atoms with Gasteiger partial charge in [-0.3, -0.25) is 4.79 Å². The molecule has 1 aromatic rings. The second kappa shape index (κ2) is 10.1. The summed E-state index contributed by atoms with van der Waals surface area (Å²) in [5, 5.41) is 5.56. The average Bonchev–Trinajstić information content (AvgIpc) is 2.48. The Morgan fingerprint density at radius 2 is 2.04 bits per heavy atom. The van der Waals surface area contributed by atoms with Crippen LogP contribution in [0.3, 0.4) is 0 Å². The highest BCUT2D eigenvalue weighted by Crippen LogP contribution is 2.32. The van der Waals surface area contributed by atoms with Crippen molar-refractivity contribution in [3.8, 4) is 5.75 Å². The predicted octanol–water partition coefficient (Wildman–Crippen LogP) is 3.03. The molecule has 0 aliphatic heterocycles. The molecule has 0 unspecified atom stereocenters. The number of likely N-dealkylation sites (N-methyl/N-ethyl adjacent to an activating group) is 1. The lowest BCUT2D eigenvalue weighted by atomic mass is 10.1. The fraction of sp³-hybridized carbons (Fsp3) is 0.400. The highest BCUT2D eigenvalue weighted by molar-refractivity contribution is 5.97. The maximum Gasteiger partial charge on any atom is 0.416 e. The highest BCUT2D eigenvalue weighted by atomic mass is 35.5. The molecule has 4 nitrogen and oxygen atoms in total. The zero-order valence-electron chi connectivity index (χ0n) is 12.7. The Morgan fingerprint density at radius 3 is 2.61 bits per heavy atom. The van der Waals surface area contributed by atoms with E-state index in [2.05, 4.69) is 17.2 Å². The molecule has 0 aromatic heterocycles. The van der Waals surface area contributed by atoms with Crippen molar-refractivity contribution in [3.63, 3.8) is 0 Å². The van der Waals surface area contributed by atoms with Crippen molar-refractivity contribution in [1.29, 1.82) is 0 Å². The Labute approximate surface area is 139 Å². The van der Waals surface area contributed by atoms with Crippen LogP contribution in [-0.2, 0) is 6.18 Å². The molecule has 0 aliphatic carbocycles. The van der Waals surface area contributed by atoms with Crippen molar-refractivity contribution < 1.29 is 22.7 Å². The molecule has 0 heterocycles. The zero-order chi connectivity index (χ0) is 16.6. The summed E-state index contributed by atoms with van der Waals surface area (Å²) < 4.78 is 43.5. The van der Waals surface area contributed by atoms with Gasteiger partial charge in [0, 0.05) is 13.1 Å². The third-order valence-electron chi connectivity index (χ3n) is 2.75. The summed E-state index contributed by atoms with van der Waals surface area (Å²) in [6.45, 7) is 7.06. The van der Waals surface area contributed by atoms with E-state index in [1.54, 1.807) is 0 Å². The normalized spacial score (nSPS) is 10.6. The van der Waals surface area contributed by atoms with Gasteiger partial charge in [0.1, 0.15) is 12.4 Å². The van der Waals surface area contributed by atoms with E-state index in [0.717, 1.165) is 24.7 Å². The summed E-state index contributed by atoms with van der Waals surface area (Å²) in [6.07, 6.45) is -3.07. The molecule has 0 aliphatic rings. The van der Waals surface area contributed by atoms with Gasteiger partial charge in [0.05, 0.1) is 11.1 Å². The molecule has 0 bridgehead atoms. The first kappa shape index (κ1) is 21.3. The summed E-state index contributed by atoms with van der Waals surface area (Å²) >= 11 is 0. The van der Waals surface area contributed by atoms with Crippen molar-refractivity contribution in [3.05, 3.63) is 42.0 Å². The Kier molecular flexibility index (Phi) is 9.36. The van der Waals surface area contributed by atoms with Gasteiger partial charge in [0.25, 0.3) is 5.91 Å². The number of hydrogen-bond donors (Lipinski definition) is 2. The summed E-state index contributed by atoms with van der Waals surface area (Å²) in [4.78, 5) is 12.1. The number of amides is 1. The molecule has 1 aromatic carbocycles. The maximum atomic E-state index is 12.8. The van der Waals surface area contributed by atoms with Crippen LogP contribution in [0, 0.1) is 0 Å². The number of hydrogen-bond acceptors (Lipinski definition) is 3. The molecule has 2 N–H and O–H groups in total. The smallest absolute Gasteiger partial charge is 0.416 e. The van der Waals surface area contributed by atoms with E-state index in [9.17, 15) is 18.0 Å². The van der Waals surface area contributed by atoms with E-state index in [0.29, 0.717) is 13.1 Å². The Balaban J connectivity index is 0.00000484. The van der Waals surface area contributed by atoms with Crippen LogP contribution in [0.5, 0.6) is 5.75 Å². The van der Waals surface area contributed by atoms with Gasteiger partial charge >= 0.3 is 6.18 Å². The Morgan fingerprint density at radius 1 is 1.35 bits per heavy atom. The fourth-order valence-electron chi connectivity index (χ4n) is 1.69. The van der Waals surface area contributed by atoms with E-state index >= 15 is 0 Å². The number of ether oxygens (including phenoxy) is 1. The summed E-state index contributed by atoms with van der Waals surface area (Å²) in [6, 6.07) is 2.82. The first-order valence-electron chi connectivity index (χ1n) is 6.84. The van der Waals surface area contributed by atoms with Crippen LogP contribution >= 0.6 is 12.4 Å². The topological polar surface area (TPSA) is 50.4 Å². The van der Waals surface area contributed by atoms with Gasteiger partial charge in [-0.05, 0) is 24.7 Å². The second-order valence-corrected chi connectivity index (χ2v) is 4.42. The van der Waals surface area contributed by atoms with Gasteiger partial charge in [-0.15, -0.1) is 12.4 Å². The minimum atomic E-state index is -4.52. The Bertz CT molecular complexity index is 522.